The van der Waals surface area contributed by atoms with Crippen molar-refractivity contribution in [3.8, 4) is 10.8 Å². The van der Waals surface area contributed by atoms with Crippen molar-refractivity contribution < 1.29 is 27.1 Å². The number of carbonyl (C=O) groups excluding carboxylic acids is 1. The number of hydrogen-bond donors (Lipinski definition) is 2. The van der Waals surface area contributed by atoms with Crippen LogP contribution in [0, 0.1) is 5.82 Å². The molecular weight excluding hydrogens is 459 g/mol. The lowest BCUT2D eigenvalue weighted by Gasteiger charge is -2.26. The zero-order valence-corrected chi connectivity index (χ0v) is 18.5. The monoisotopic (exact) mass is 478 g/mol. The molecule has 0 saturated carbocycles. The van der Waals surface area contributed by atoms with E-state index in [0.717, 1.165) is 11.3 Å². The summed E-state index contributed by atoms with van der Waals surface area (Å²) in [4.78, 5) is 18.0. The maximum atomic E-state index is 13.3. The van der Waals surface area contributed by atoms with Gasteiger partial charge in [-0.25, -0.2) is 27.3 Å². The number of carbonyl (C=O) groups is 1. The summed E-state index contributed by atoms with van der Waals surface area (Å²) in [7, 11) is -2.23. The van der Waals surface area contributed by atoms with Crippen molar-refractivity contribution in [2.24, 2.45) is 0 Å². The Hall–Kier alpha value is -3.06. The van der Waals surface area contributed by atoms with Gasteiger partial charge in [-0.3, -0.25) is 10.2 Å². The molecule has 168 valence electrons. The zero-order chi connectivity index (χ0) is 22.7. The van der Waals surface area contributed by atoms with Crippen molar-refractivity contribution in [3.05, 3.63) is 60.5 Å². The van der Waals surface area contributed by atoms with Gasteiger partial charge in [0.05, 0.1) is 30.3 Å². The molecule has 12 heteroatoms. The molecule has 4 rings (SSSR count). The molecule has 0 spiro atoms. The van der Waals surface area contributed by atoms with Gasteiger partial charge < -0.3 is 9.47 Å². The van der Waals surface area contributed by atoms with Gasteiger partial charge in [0.25, 0.3) is 0 Å². The van der Waals surface area contributed by atoms with Crippen molar-refractivity contribution in [1.29, 1.82) is 0 Å². The first-order valence-corrected chi connectivity index (χ1v) is 11.7. The number of nitrogens with one attached hydrogen (secondary N) is 2. The third-order valence-corrected chi connectivity index (χ3v) is 6.80. The second-order valence-electron chi connectivity index (χ2n) is 6.89. The molecule has 0 unspecified atom stereocenters. The van der Waals surface area contributed by atoms with E-state index in [1.165, 1.54) is 48.5 Å². The largest absolute Gasteiger partial charge is 0.445 e. The molecular formula is C20H19FN4O5S2. The Bertz CT molecular complexity index is 1230. The molecule has 0 aliphatic carbocycles. The van der Waals surface area contributed by atoms with Crippen LogP contribution < -0.4 is 19.7 Å². The molecule has 1 aliphatic heterocycles. The summed E-state index contributed by atoms with van der Waals surface area (Å²) in [6.45, 7) is 0.667. The van der Waals surface area contributed by atoms with Gasteiger partial charge in [0.2, 0.25) is 15.1 Å². The number of aromatic nitrogens is 1. The smallest absolute Gasteiger partial charge is 0.327 e. The van der Waals surface area contributed by atoms with Crippen LogP contribution in [0.5, 0.6) is 10.8 Å². The summed E-state index contributed by atoms with van der Waals surface area (Å²) < 4.78 is 51.4. The fourth-order valence-corrected chi connectivity index (χ4v) is 4.68. The van der Waals surface area contributed by atoms with Gasteiger partial charge in [-0.2, -0.15) is 0 Å². The summed E-state index contributed by atoms with van der Waals surface area (Å²) in [6, 6.07) is 10.9. The number of thiazole rings is 1. The van der Waals surface area contributed by atoms with Crippen LogP contribution in [0.3, 0.4) is 0 Å². The molecule has 0 atom stereocenters. The molecule has 32 heavy (non-hydrogen) atoms. The summed E-state index contributed by atoms with van der Waals surface area (Å²) in [5, 5.41) is 3.26. The van der Waals surface area contributed by atoms with Gasteiger partial charge in [0.1, 0.15) is 11.6 Å². The first-order valence-electron chi connectivity index (χ1n) is 9.44. The molecule has 1 fully saturated rings. The highest BCUT2D eigenvalue weighted by Gasteiger charge is 2.26. The van der Waals surface area contributed by atoms with E-state index in [9.17, 15) is 17.6 Å². The molecule has 2 heterocycles. The minimum atomic E-state index is -3.73. The second kappa shape index (κ2) is 9.20. The summed E-state index contributed by atoms with van der Waals surface area (Å²) >= 11 is 1.07. The number of amides is 2. The molecule has 0 bridgehead atoms. The second-order valence-corrected chi connectivity index (χ2v) is 9.59. The molecule has 2 aromatic carbocycles. The number of hydrogen-bond acceptors (Lipinski definition) is 7. The van der Waals surface area contributed by atoms with E-state index in [4.69, 9.17) is 9.47 Å². The van der Waals surface area contributed by atoms with Crippen molar-refractivity contribution >= 4 is 38.2 Å². The minimum absolute atomic E-state index is 0.0431. The third kappa shape index (κ3) is 5.22. The summed E-state index contributed by atoms with van der Waals surface area (Å²) in [6.07, 6.45) is 1.41. The van der Waals surface area contributed by atoms with Crippen LogP contribution in [0.4, 0.5) is 20.0 Å². The van der Waals surface area contributed by atoms with Crippen LogP contribution in [0.2, 0.25) is 0 Å². The van der Waals surface area contributed by atoms with Crippen molar-refractivity contribution in [2.75, 3.05) is 30.5 Å². The van der Waals surface area contributed by atoms with Crippen molar-refractivity contribution in [3.63, 3.8) is 0 Å². The van der Waals surface area contributed by atoms with Crippen LogP contribution in [0.15, 0.2) is 59.6 Å². The third-order valence-electron chi connectivity index (χ3n) is 4.49. The number of urea groups is 1. The molecule has 1 saturated heterocycles. The standard InChI is InChI=1S/C20H19FN4O5S2/c1-25(15-5-3-7-17(9-15)32(27,28)24-14-11-29-12-14)20(26)23-19-22-10-18(31-19)30-16-6-2-4-13(21)8-16/h2-10,14,24H,11-12H2,1H3,(H,22,23,26). The first kappa shape index (κ1) is 22.1. The van der Waals surface area contributed by atoms with Crippen LogP contribution in [-0.4, -0.2) is 45.7 Å². The van der Waals surface area contributed by atoms with Crippen molar-refractivity contribution in [2.45, 2.75) is 10.9 Å². The normalized spacial score (nSPS) is 13.9. The van der Waals surface area contributed by atoms with Gasteiger partial charge in [-0.1, -0.05) is 23.5 Å². The van der Waals surface area contributed by atoms with E-state index >= 15 is 0 Å². The molecule has 3 aromatic rings. The summed E-state index contributed by atoms with van der Waals surface area (Å²) in [5.41, 5.74) is 0.378. The Balaban J connectivity index is 1.41. The van der Waals surface area contributed by atoms with E-state index in [1.807, 2.05) is 0 Å². The van der Waals surface area contributed by atoms with Crippen molar-refractivity contribution in [1.82, 2.24) is 9.71 Å². The maximum absolute atomic E-state index is 13.3. The van der Waals surface area contributed by atoms with Gasteiger partial charge >= 0.3 is 6.03 Å². The van der Waals surface area contributed by atoms with Gasteiger partial charge in [-0.05, 0) is 30.3 Å². The zero-order valence-electron chi connectivity index (χ0n) is 16.8. The first-order chi connectivity index (χ1) is 15.3. The molecule has 1 aliphatic rings. The van der Waals surface area contributed by atoms with Gasteiger partial charge in [-0.15, -0.1) is 0 Å². The van der Waals surface area contributed by atoms with E-state index in [-0.39, 0.29) is 16.1 Å². The maximum Gasteiger partial charge on any atom is 0.327 e. The number of rotatable bonds is 7. The number of halogens is 1. The highest BCUT2D eigenvalue weighted by molar-refractivity contribution is 7.89. The topological polar surface area (TPSA) is 110 Å². The molecule has 0 radical (unpaired) electrons. The predicted molar refractivity (Wildman–Crippen MR) is 117 cm³/mol. The lowest BCUT2D eigenvalue weighted by molar-refractivity contribution is 0.00482. The lowest BCUT2D eigenvalue weighted by Crippen LogP contribution is -2.48. The van der Waals surface area contributed by atoms with Crippen LogP contribution >= 0.6 is 11.3 Å². The Morgan fingerprint density at radius 1 is 1.25 bits per heavy atom. The molecule has 2 N–H and O–H groups in total. The Kier molecular flexibility index (Phi) is 6.37. The highest BCUT2D eigenvalue weighted by Crippen LogP contribution is 2.31. The fourth-order valence-electron chi connectivity index (χ4n) is 2.75. The summed E-state index contributed by atoms with van der Waals surface area (Å²) in [5.74, 6) is -0.119. The fraction of sp³-hybridized carbons (Fsp3) is 0.200. The van der Waals surface area contributed by atoms with Gasteiger partial charge in [0.15, 0.2) is 5.13 Å². The number of anilines is 2. The number of benzene rings is 2. The minimum Gasteiger partial charge on any atom is -0.445 e. The Morgan fingerprint density at radius 3 is 2.75 bits per heavy atom. The quantitative estimate of drug-likeness (QED) is 0.539. The van der Waals surface area contributed by atoms with Gasteiger partial charge in [0, 0.05) is 18.8 Å². The van der Waals surface area contributed by atoms with Crippen LogP contribution in [0.25, 0.3) is 0 Å². The average Bonchev–Trinajstić information content (AvgIpc) is 3.17. The average molecular weight is 479 g/mol. The highest BCUT2D eigenvalue weighted by atomic mass is 32.2. The van der Waals surface area contributed by atoms with Crippen LogP contribution in [-0.2, 0) is 14.8 Å². The Labute approximate surface area is 187 Å². The van der Waals surface area contributed by atoms with Crippen LogP contribution in [0.1, 0.15) is 0 Å². The Morgan fingerprint density at radius 2 is 2.03 bits per heavy atom. The lowest BCUT2D eigenvalue weighted by atomic mass is 10.3. The number of nitrogens with zero attached hydrogens (tertiary/aromatic N) is 2. The van der Waals surface area contributed by atoms with E-state index < -0.39 is 21.9 Å². The molecule has 2 amide bonds. The number of ether oxygens (including phenoxy) is 2. The van der Waals surface area contributed by atoms with E-state index in [0.29, 0.717) is 29.7 Å². The number of sulfonamides is 1. The molecule has 9 nitrogen and oxygen atoms in total. The predicted octanol–water partition coefficient (Wildman–Crippen LogP) is 3.42. The van der Waals surface area contributed by atoms with E-state index in [2.05, 4.69) is 15.0 Å². The SMILES string of the molecule is CN(C(=O)Nc1ncc(Oc2cccc(F)c2)s1)c1cccc(S(=O)(=O)NC2COC2)c1. The van der Waals surface area contributed by atoms with E-state index in [1.54, 1.807) is 18.2 Å². The molecule has 1 aromatic heterocycles.